The largest absolute Gasteiger partial charge is 0.480 e. The summed E-state index contributed by atoms with van der Waals surface area (Å²) in [6.45, 7) is 1.01. The molecule has 1 rings (SSSR count). The number of aliphatic hydroxyl groups excluding tert-OH is 2. The van der Waals surface area contributed by atoms with E-state index in [9.17, 15) is 39.3 Å². The van der Waals surface area contributed by atoms with E-state index in [-0.39, 0.29) is 6.42 Å². The van der Waals surface area contributed by atoms with Crippen LogP contribution in [0.5, 0.6) is 0 Å². The molecule has 0 aliphatic heterocycles. The number of carbonyl (C=O) groups excluding carboxylic acids is 4. The van der Waals surface area contributed by atoms with E-state index in [4.69, 9.17) is 0 Å². The predicted octanol–water partition coefficient (Wildman–Crippen LogP) is -2.72. The van der Waals surface area contributed by atoms with Gasteiger partial charge in [0.05, 0.1) is 19.3 Å². The summed E-state index contributed by atoms with van der Waals surface area (Å²) in [6, 6.07) is 4.54. The first-order valence-electron chi connectivity index (χ1n) is 9.75. The minimum Gasteiger partial charge on any atom is -0.480 e. The summed E-state index contributed by atoms with van der Waals surface area (Å²) < 4.78 is 0. The first-order chi connectivity index (χ1) is 15.0. The van der Waals surface area contributed by atoms with E-state index in [0.717, 1.165) is 6.92 Å². The van der Waals surface area contributed by atoms with Gasteiger partial charge >= 0.3 is 5.97 Å². The minimum absolute atomic E-state index is 0.00600. The lowest BCUT2D eigenvalue weighted by molar-refractivity contribution is -0.142. The lowest BCUT2D eigenvalue weighted by Crippen LogP contribution is -2.56. The first-order valence-corrected chi connectivity index (χ1v) is 9.75. The number of amides is 4. The maximum absolute atomic E-state index is 12.4. The van der Waals surface area contributed by atoms with Crippen LogP contribution in [0.15, 0.2) is 30.3 Å². The smallest absolute Gasteiger partial charge is 0.326 e. The van der Waals surface area contributed by atoms with Gasteiger partial charge in [-0.15, -0.1) is 0 Å². The molecule has 0 fully saturated rings. The molecule has 1 aromatic rings. The molecule has 176 valence electrons. The fourth-order valence-corrected chi connectivity index (χ4v) is 2.66. The van der Waals surface area contributed by atoms with E-state index in [2.05, 4.69) is 21.3 Å². The molecule has 0 bridgehead atoms. The monoisotopic (exact) mass is 452 g/mol. The quantitative estimate of drug-likeness (QED) is 0.178. The minimum atomic E-state index is -1.46. The molecule has 0 spiro atoms. The molecule has 0 aliphatic carbocycles. The van der Waals surface area contributed by atoms with Crippen LogP contribution in [0.4, 0.5) is 0 Å². The van der Waals surface area contributed by atoms with Crippen molar-refractivity contribution >= 4 is 29.6 Å². The molecule has 0 saturated carbocycles. The molecule has 0 aromatic heterocycles. The number of aliphatic carboxylic acids is 1. The van der Waals surface area contributed by atoms with E-state index in [0.29, 0.717) is 5.56 Å². The molecular formula is C20H28N4O8. The van der Waals surface area contributed by atoms with Crippen molar-refractivity contribution in [2.75, 3.05) is 13.2 Å². The van der Waals surface area contributed by atoms with Gasteiger partial charge < -0.3 is 36.6 Å². The molecule has 0 unspecified atom stereocenters. The Morgan fingerprint density at radius 2 is 1.56 bits per heavy atom. The van der Waals surface area contributed by atoms with Crippen molar-refractivity contribution in [3.8, 4) is 0 Å². The Kier molecular flexibility index (Phi) is 10.8. The summed E-state index contributed by atoms with van der Waals surface area (Å²) >= 11 is 0. The zero-order chi connectivity index (χ0) is 24.3. The lowest BCUT2D eigenvalue weighted by atomic mass is 10.1. The van der Waals surface area contributed by atoms with Gasteiger partial charge in [0, 0.05) is 13.3 Å². The summed E-state index contributed by atoms with van der Waals surface area (Å²) in [6.07, 6.45) is -1.23. The van der Waals surface area contributed by atoms with Gasteiger partial charge in [0.15, 0.2) is 0 Å². The zero-order valence-electron chi connectivity index (χ0n) is 17.7. The maximum atomic E-state index is 12.4. The molecule has 0 radical (unpaired) electrons. The molecule has 1 aromatic carbocycles. The average molecular weight is 452 g/mol. The Bertz CT molecular complexity index is 815. The average Bonchev–Trinajstić information content (AvgIpc) is 2.73. The second-order valence-corrected chi connectivity index (χ2v) is 7.03. The summed E-state index contributed by atoms with van der Waals surface area (Å²) in [5.41, 5.74) is 0.666. The SMILES string of the molecule is CC(=O)N[C@H](C(=O)NCC(=O)N[C@@H](CO)C(=O)N[C@@H](Cc1ccccc1)C(=O)O)[C@@H](C)O. The second-order valence-electron chi connectivity index (χ2n) is 7.03. The number of nitrogens with one attached hydrogen (secondary N) is 4. The van der Waals surface area contributed by atoms with E-state index in [1.165, 1.54) is 6.92 Å². The molecule has 0 heterocycles. The highest BCUT2D eigenvalue weighted by molar-refractivity contribution is 5.93. The van der Waals surface area contributed by atoms with Gasteiger partial charge in [0.2, 0.25) is 23.6 Å². The molecule has 12 nitrogen and oxygen atoms in total. The van der Waals surface area contributed by atoms with E-state index >= 15 is 0 Å². The number of carbonyl (C=O) groups is 5. The fourth-order valence-electron chi connectivity index (χ4n) is 2.66. The Labute approximate surface area is 184 Å². The Morgan fingerprint density at radius 3 is 2.06 bits per heavy atom. The van der Waals surface area contributed by atoms with Crippen LogP contribution in [0.1, 0.15) is 19.4 Å². The summed E-state index contributed by atoms with van der Waals surface area (Å²) in [5, 5.41) is 37.2. The van der Waals surface area contributed by atoms with Gasteiger partial charge in [0.25, 0.3) is 0 Å². The van der Waals surface area contributed by atoms with Gasteiger partial charge in [-0.25, -0.2) is 4.79 Å². The van der Waals surface area contributed by atoms with Crippen LogP contribution >= 0.6 is 0 Å². The van der Waals surface area contributed by atoms with Crippen LogP contribution in [0.2, 0.25) is 0 Å². The normalized spacial score (nSPS) is 14.2. The number of rotatable bonds is 12. The van der Waals surface area contributed by atoms with Gasteiger partial charge in [-0.3, -0.25) is 19.2 Å². The standard InChI is InChI=1S/C20H28N4O8/c1-11(26)17(22-12(2)27)19(30)21-9-16(28)23-15(10-25)18(29)24-14(20(31)32)8-13-6-4-3-5-7-13/h3-7,11,14-15,17,25-26H,8-10H2,1-2H3,(H,21,30)(H,22,27)(H,23,28)(H,24,29)(H,31,32)/t11-,14+,15+,17+/m1/s1. The third-order valence-electron chi connectivity index (χ3n) is 4.28. The number of carboxylic acids is 1. The van der Waals surface area contributed by atoms with Crippen LogP contribution < -0.4 is 21.3 Å². The van der Waals surface area contributed by atoms with E-state index < -0.39 is 67.0 Å². The molecule has 32 heavy (non-hydrogen) atoms. The Balaban J connectivity index is 2.65. The lowest BCUT2D eigenvalue weighted by Gasteiger charge is -2.21. The van der Waals surface area contributed by atoms with Crippen LogP contribution in [0.25, 0.3) is 0 Å². The summed E-state index contributed by atoms with van der Waals surface area (Å²) in [4.78, 5) is 59.1. The van der Waals surface area contributed by atoms with Crippen molar-refractivity contribution in [2.45, 2.75) is 44.5 Å². The van der Waals surface area contributed by atoms with E-state index in [1.54, 1.807) is 30.3 Å². The van der Waals surface area contributed by atoms with Crippen LogP contribution in [-0.4, -0.2) is 82.3 Å². The van der Waals surface area contributed by atoms with Crippen molar-refractivity contribution in [1.82, 2.24) is 21.3 Å². The van der Waals surface area contributed by atoms with Crippen LogP contribution in [0.3, 0.4) is 0 Å². The van der Waals surface area contributed by atoms with Crippen LogP contribution in [0, 0.1) is 0 Å². The molecule has 4 atom stereocenters. The zero-order valence-corrected chi connectivity index (χ0v) is 17.7. The fraction of sp³-hybridized carbons (Fsp3) is 0.450. The van der Waals surface area contributed by atoms with Gasteiger partial charge in [0.1, 0.15) is 18.1 Å². The maximum Gasteiger partial charge on any atom is 0.326 e. The molecule has 7 N–H and O–H groups in total. The number of carboxylic acid groups (broad SMARTS) is 1. The molecule has 4 amide bonds. The molecule has 0 saturated heterocycles. The number of hydrogen-bond donors (Lipinski definition) is 7. The summed E-state index contributed by atoms with van der Waals surface area (Å²) in [7, 11) is 0. The summed E-state index contributed by atoms with van der Waals surface area (Å²) in [5.74, 6) is -4.45. The van der Waals surface area contributed by atoms with Gasteiger partial charge in [-0.1, -0.05) is 30.3 Å². The van der Waals surface area contributed by atoms with Crippen LogP contribution in [-0.2, 0) is 30.4 Å². The molecule has 12 heteroatoms. The number of aliphatic hydroxyl groups is 2. The highest BCUT2D eigenvalue weighted by Crippen LogP contribution is 2.04. The van der Waals surface area contributed by atoms with Crippen molar-refractivity contribution in [3.05, 3.63) is 35.9 Å². The van der Waals surface area contributed by atoms with Crippen molar-refractivity contribution in [1.29, 1.82) is 0 Å². The third-order valence-corrected chi connectivity index (χ3v) is 4.28. The van der Waals surface area contributed by atoms with Crippen molar-refractivity contribution in [3.63, 3.8) is 0 Å². The second kappa shape index (κ2) is 13.0. The predicted molar refractivity (Wildman–Crippen MR) is 111 cm³/mol. The third kappa shape index (κ3) is 9.10. The Morgan fingerprint density at radius 1 is 0.938 bits per heavy atom. The first kappa shape index (κ1) is 26.5. The Hall–Kier alpha value is -3.51. The van der Waals surface area contributed by atoms with Gasteiger partial charge in [-0.05, 0) is 12.5 Å². The van der Waals surface area contributed by atoms with E-state index in [1.807, 2.05) is 0 Å². The highest BCUT2D eigenvalue weighted by atomic mass is 16.4. The molecular weight excluding hydrogens is 424 g/mol. The van der Waals surface area contributed by atoms with Crippen molar-refractivity contribution < 1.29 is 39.3 Å². The van der Waals surface area contributed by atoms with Gasteiger partial charge in [-0.2, -0.15) is 0 Å². The number of benzene rings is 1. The number of hydrogen-bond acceptors (Lipinski definition) is 7. The van der Waals surface area contributed by atoms with Crippen molar-refractivity contribution in [2.24, 2.45) is 0 Å². The molecule has 0 aliphatic rings. The topological polar surface area (TPSA) is 194 Å². The highest BCUT2D eigenvalue weighted by Gasteiger charge is 2.28.